The minimum Gasteiger partial charge on any atom is -0.457 e. The molecule has 2 aromatic heterocycles. The number of carbonyl (C=O) groups excluding carboxylic acids is 3. The molecule has 0 aliphatic carbocycles. The highest BCUT2D eigenvalue weighted by Crippen LogP contribution is 2.25. The number of hydrogen-bond donors (Lipinski definition) is 2. The Hall–Kier alpha value is -2.79. The van der Waals surface area contributed by atoms with Gasteiger partial charge in [-0.05, 0) is 45.6 Å². The van der Waals surface area contributed by atoms with Crippen molar-refractivity contribution in [2.45, 2.75) is 92.0 Å². The summed E-state index contributed by atoms with van der Waals surface area (Å²) < 4.78 is 10.9. The summed E-state index contributed by atoms with van der Waals surface area (Å²) in [6.07, 6.45) is 5.67. The van der Waals surface area contributed by atoms with Crippen LogP contribution in [0.5, 0.6) is 0 Å². The molecule has 0 aromatic carbocycles. The molecule has 2 atom stereocenters. The predicted molar refractivity (Wildman–Crippen MR) is 147 cm³/mol. The lowest BCUT2D eigenvalue weighted by Gasteiger charge is -2.22. The van der Waals surface area contributed by atoms with Gasteiger partial charge in [0.2, 0.25) is 0 Å². The minimum absolute atomic E-state index is 0.162. The quantitative estimate of drug-likeness (QED) is 0.256. The van der Waals surface area contributed by atoms with E-state index in [9.17, 15) is 14.4 Å². The maximum absolute atomic E-state index is 12.9. The van der Waals surface area contributed by atoms with Crippen molar-refractivity contribution < 1.29 is 23.9 Å². The largest absolute Gasteiger partial charge is 0.457 e. The Kier molecular flexibility index (Phi) is 11.7. The molecule has 0 spiro atoms. The molecular weight excluding hydrogens is 512 g/mol. The zero-order valence-electron chi connectivity index (χ0n) is 22.6. The number of hydrogen-bond acceptors (Lipinski definition) is 9. The van der Waals surface area contributed by atoms with Crippen LogP contribution in [-0.2, 0) is 20.8 Å². The van der Waals surface area contributed by atoms with Crippen LogP contribution in [0.1, 0.15) is 83.2 Å². The average Bonchev–Trinajstić information content (AvgIpc) is 3.49. The molecule has 11 heteroatoms. The van der Waals surface area contributed by atoms with Crippen molar-refractivity contribution in [3.05, 3.63) is 33.6 Å². The zero-order chi connectivity index (χ0) is 27.6. The van der Waals surface area contributed by atoms with E-state index in [2.05, 4.69) is 27.5 Å². The molecule has 0 saturated heterocycles. The van der Waals surface area contributed by atoms with E-state index in [-0.39, 0.29) is 24.3 Å². The van der Waals surface area contributed by atoms with E-state index in [1.165, 1.54) is 22.7 Å². The van der Waals surface area contributed by atoms with Gasteiger partial charge < -0.3 is 20.1 Å². The Morgan fingerprint density at radius 1 is 1.11 bits per heavy atom. The molecule has 204 valence electrons. The molecule has 2 N–H and O–H groups in total. The van der Waals surface area contributed by atoms with Crippen molar-refractivity contribution >= 4 is 40.6 Å². The lowest BCUT2D eigenvalue weighted by molar-refractivity contribution is -0.150. The summed E-state index contributed by atoms with van der Waals surface area (Å²) >= 11 is 2.65. The zero-order valence-corrected chi connectivity index (χ0v) is 24.3. The van der Waals surface area contributed by atoms with Gasteiger partial charge in [0, 0.05) is 10.8 Å². The molecule has 2 amide bonds. The van der Waals surface area contributed by atoms with Crippen molar-refractivity contribution in [1.29, 1.82) is 0 Å². The lowest BCUT2D eigenvalue weighted by atomic mass is 10.0. The van der Waals surface area contributed by atoms with Crippen LogP contribution in [0, 0.1) is 5.92 Å². The third-order valence-corrected chi connectivity index (χ3v) is 6.69. The molecule has 9 nitrogen and oxygen atoms in total. The summed E-state index contributed by atoms with van der Waals surface area (Å²) in [5.41, 5.74) is 0.235. The van der Waals surface area contributed by atoms with Crippen molar-refractivity contribution in [2.24, 2.45) is 5.92 Å². The van der Waals surface area contributed by atoms with Gasteiger partial charge in [0.1, 0.15) is 39.1 Å². The maximum atomic E-state index is 12.9. The lowest BCUT2D eigenvalue weighted by Crippen LogP contribution is -2.46. The fourth-order valence-electron chi connectivity index (χ4n) is 3.06. The van der Waals surface area contributed by atoms with E-state index in [0.29, 0.717) is 22.1 Å². The molecule has 2 aromatic rings. The first-order valence-electron chi connectivity index (χ1n) is 12.5. The highest BCUT2D eigenvalue weighted by molar-refractivity contribution is 7.14. The number of unbranched alkanes of at least 4 members (excludes halogenated alkanes) is 1. The molecule has 0 saturated carbocycles. The summed E-state index contributed by atoms with van der Waals surface area (Å²) in [4.78, 5) is 46.5. The van der Waals surface area contributed by atoms with Crippen LogP contribution < -0.4 is 10.6 Å². The third-order valence-electron chi connectivity index (χ3n) is 4.97. The van der Waals surface area contributed by atoms with Crippen molar-refractivity contribution in [1.82, 2.24) is 20.6 Å². The minimum atomic E-state index is -0.795. The van der Waals surface area contributed by atoms with Gasteiger partial charge in [-0.2, -0.15) is 0 Å². The van der Waals surface area contributed by atoms with Crippen LogP contribution in [0.3, 0.4) is 0 Å². The normalized spacial score (nSPS) is 13.4. The number of rotatable bonds is 12. The summed E-state index contributed by atoms with van der Waals surface area (Å²) in [6.45, 7) is 13.4. The molecule has 2 rings (SSSR count). The van der Waals surface area contributed by atoms with Gasteiger partial charge in [-0.25, -0.2) is 19.6 Å². The summed E-state index contributed by atoms with van der Waals surface area (Å²) in [5, 5.41) is 10.2. The van der Waals surface area contributed by atoms with E-state index < -0.39 is 29.6 Å². The molecule has 0 fully saturated rings. The van der Waals surface area contributed by atoms with Crippen LogP contribution in [0.4, 0.5) is 4.79 Å². The van der Waals surface area contributed by atoms with Crippen LogP contribution >= 0.6 is 22.7 Å². The number of allylic oxidation sites excluding steroid dienone is 1. The van der Waals surface area contributed by atoms with Crippen molar-refractivity contribution in [3.63, 3.8) is 0 Å². The summed E-state index contributed by atoms with van der Waals surface area (Å²) in [7, 11) is 0. The van der Waals surface area contributed by atoms with Gasteiger partial charge >= 0.3 is 12.1 Å². The Morgan fingerprint density at radius 3 is 2.46 bits per heavy atom. The first-order chi connectivity index (χ1) is 17.4. The molecule has 0 aliphatic rings. The SMILES string of the molecule is CCC/C=C/C(CC)OC(=O)[C@@H](NC(=O)c1csc(-c2csc(CNC(=O)OC(C)(C)C)n2)n1)C(C)C. The Morgan fingerprint density at radius 2 is 1.84 bits per heavy atom. The van der Waals surface area contributed by atoms with Crippen LogP contribution in [0.2, 0.25) is 0 Å². The Balaban J connectivity index is 2.00. The van der Waals surface area contributed by atoms with Crippen molar-refractivity contribution in [3.8, 4) is 10.7 Å². The van der Waals surface area contributed by atoms with Crippen LogP contribution in [0.25, 0.3) is 10.7 Å². The second-order valence-corrected chi connectivity index (χ2v) is 11.6. The van der Waals surface area contributed by atoms with Crippen LogP contribution in [0.15, 0.2) is 22.9 Å². The number of carbonyl (C=O) groups is 3. The molecule has 0 radical (unpaired) electrons. The standard InChI is InChI=1S/C26H38N4O5S2/c1-8-10-11-12-17(9-2)34-24(32)21(16(3)4)30-22(31)18-14-37-23(29-18)19-15-36-20(28-19)13-27-25(33)35-26(5,6)7/h11-12,14-17,21H,8-10,13H2,1-7H3,(H,27,33)(H,30,31)/b12-11+/t17?,21-/m0/s1. The summed E-state index contributed by atoms with van der Waals surface area (Å²) in [5.74, 6) is -1.08. The highest BCUT2D eigenvalue weighted by Gasteiger charge is 2.28. The van der Waals surface area contributed by atoms with Gasteiger partial charge in [0.15, 0.2) is 0 Å². The van der Waals surface area contributed by atoms with Crippen LogP contribution in [-0.4, -0.2) is 45.7 Å². The number of alkyl carbamates (subject to hydrolysis) is 1. The molecule has 37 heavy (non-hydrogen) atoms. The number of nitrogens with zero attached hydrogens (tertiary/aromatic N) is 2. The van der Waals surface area contributed by atoms with E-state index >= 15 is 0 Å². The molecule has 1 unspecified atom stereocenters. The maximum Gasteiger partial charge on any atom is 0.408 e. The monoisotopic (exact) mass is 550 g/mol. The fraction of sp³-hybridized carbons (Fsp3) is 0.577. The van der Waals surface area contributed by atoms with Crippen molar-refractivity contribution in [2.75, 3.05) is 0 Å². The van der Waals surface area contributed by atoms with Gasteiger partial charge in [-0.1, -0.05) is 40.2 Å². The molecule has 0 bridgehead atoms. The number of amides is 2. The van der Waals surface area contributed by atoms with Gasteiger partial charge in [-0.3, -0.25) is 4.79 Å². The first-order valence-corrected chi connectivity index (χ1v) is 14.2. The molecule has 0 aliphatic heterocycles. The number of thiazole rings is 2. The topological polar surface area (TPSA) is 120 Å². The Bertz CT molecular complexity index is 1070. The second-order valence-electron chi connectivity index (χ2n) is 9.82. The summed E-state index contributed by atoms with van der Waals surface area (Å²) in [6, 6.07) is -0.795. The number of ether oxygens (including phenoxy) is 2. The highest BCUT2D eigenvalue weighted by atomic mass is 32.1. The predicted octanol–water partition coefficient (Wildman–Crippen LogP) is 5.72. The van der Waals surface area contributed by atoms with Gasteiger partial charge in [-0.15, -0.1) is 22.7 Å². The van der Waals surface area contributed by atoms with E-state index in [1.54, 1.807) is 26.2 Å². The van der Waals surface area contributed by atoms with Gasteiger partial charge in [0.05, 0.1) is 6.54 Å². The van der Waals surface area contributed by atoms with Gasteiger partial charge in [0.25, 0.3) is 5.91 Å². The first kappa shape index (κ1) is 30.4. The van der Waals surface area contributed by atoms with E-state index in [0.717, 1.165) is 12.8 Å². The smallest absolute Gasteiger partial charge is 0.408 e. The number of aromatic nitrogens is 2. The Labute approximate surface area is 227 Å². The fourth-order valence-corrected chi connectivity index (χ4v) is 4.61. The number of esters is 1. The third kappa shape index (κ3) is 10.2. The molecule has 2 heterocycles. The molecular formula is C26H38N4O5S2. The second kappa shape index (κ2) is 14.2. The van der Waals surface area contributed by atoms with E-state index in [1.807, 2.05) is 38.3 Å². The average molecular weight is 551 g/mol. The van der Waals surface area contributed by atoms with E-state index in [4.69, 9.17) is 9.47 Å². The number of nitrogens with one attached hydrogen (secondary N) is 2.